The van der Waals surface area contributed by atoms with E-state index in [1.54, 1.807) is 4.90 Å². The van der Waals surface area contributed by atoms with Crippen molar-refractivity contribution in [2.24, 2.45) is 5.92 Å². The lowest BCUT2D eigenvalue weighted by atomic mass is 9.89. The van der Waals surface area contributed by atoms with E-state index in [0.29, 0.717) is 12.3 Å². The number of rotatable bonds is 5. The van der Waals surface area contributed by atoms with Crippen LogP contribution in [-0.4, -0.2) is 35.0 Å². The SMILES string of the molecule is CC(C)CC(C=O)N(C(=O)OC(C)(C)C)C1CCC1. The molecule has 0 aromatic rings. The average Bonchev–Trinajstić information content (AvgIpc) is 2.16. The van der Waals surface area contributed by atoms with E-state index < -0.39 is 5.60 Å². The molecule has 0 spiro atoms. The Bertz CT molecular complexity index is 316. The van der Waals surface area contributed by atoms with Gasteiger partial charge in [0.15, 0.2) is 0 Å². The molecule has 0 aromatic heterocycles. The summed E-state index contributed by atoms with van der Waals surface area (Å²) in [5.74, 6) is 0.375. The van der Waals surface area contributed by atoms with Gasteiger partial charge >= 0.3 is 6.09 Å². The van der Waals surface area contributed by atoms with Crippen LogP contribution in [0.15, 0.2) is 0 Å². The Kier molecular flexibility index (Phi) is 5.39. The second-order valence-corrected chi connectivity index (χ2v) is 6.81. The second kappa shape index (κ2) is 6.40. The van der Waals surface area contributed by atoms with Crippen LogP contribution in [0.3, 0.4) is 0 Å². The van der Waals surface area contributed by atoms with Crippen molar-refractivity contribution in [3.8, 4) is 0 Å². The highest BCUT2D eigenvalue weighted by Crippen LogP contribution is 2.29. The molecular weight excluding hydrogens is 242 g/mol. The molecule has 4 heteroatoms. The van der Waals surface area contributed by atoms with E-state index in [2.05, 4.69) is 13.8 Å². The van der Waals surface area contributed by atoms with Crippen molar-refractivity contribution in [1.29, 1.82) is 0 Å². The van der Waals surface area contributed by atoms with Crippen LogP contribution < -0.4 is 0 Å². The van der Waals surface area contributed by atoms with E-state index in [9.17, 15) is 9.59 Å². The molecule has 0 aromatic carbocycles. The van der Waals surface area contributed by atoms with Crippen LogP contribution in [0.1, 0.15) is 60.3 Å². The molecule has 1 aliphatic carbocycles. The smallest absolute Gasteiger partial charge is 0.411 e. The maximum absolute atomic E-state index is 12.3. The maximum Gasteiger partial charge on any atom is 0.411 e. The van der Waals surface area contributed by atoms with Gasteiger partial charge < -0.3 is 9.53 Å². The molecule has 19 heavy (non-hydrogen) atoms. The number of carbonyl (C=O) groups is 2. The molecule has 1 rings (SSSR count). The van der Waals surface area contributed by atoms with E-state index in [0.717, 1.165) is 25.5 Å². The van der Waals surface area contributed by atoms with Crippen LogP contribution in [0.5, 0.6) is 0 Å². The largest absolute Gasteiger partial charge is 0.444 e. The molecule has 0 heterocycles. The zero-order chi connectivity index (χ0) is 14.6. The topological polar surface area (TPSA) is 46.6 Å². The highest BCUT2D eigenvalue weighted by Gasteiger charge is 2.36. The number of carbonyl (C=O) groups excluding carboxylic acids is 2. The molecule has 110 valence electrons. The summed E-state index contributed by atoms with van der Waals surface area (Å²) in [6.45, 7) is 9.67. The number of hydrogen-bond donors (Lipinski definition) is 0. The summed E-state index contributed by atoms with van der Waals surface area (Å²) in [5, 5.41) is 0. The first kappa shape index (κ1) is 16.0. The van der Waals surface area contributed by atoms with Crippen molar-refractivity contribution >= 4 is 12.4 Å². The van der Waals surface area contributed by atoms with Crippen molar-refractivity contribution in [3.63, 3.8) is 0 Å². The molecule has 1 saturated carbocycles. The maximum atomic E-state index is 12.3. The molecule has 0 N–H and O–H groups in total. The Morgan fingerprint density at radius 1 is 1.37 bits per heavy atom. The van der Waals surface area contributed by atoms with Gasteiger partial charge in [-0.25, -0.2) is 4.79 Å². The lowest BCUT2D eigenvalue weighted by Gasteiger charge is -2.41. The van der Waals surface area contributed by atoms with Crippen LogP contribution in [0, 0.1) is 5.92 Å². The first-order valence-electron chi connectivity index (χ1n) is 7.21. The van der Waals surface area contributed by atoms with Crippen LogP contribution in [0.2, 0.25) is 0 Å². The van der Waals surface area contributed by atoms with Crippen molar-refractivity contribution in [3.05, 3.63) is 0 Å². The summed E-state index contributed by atoms with van der Waals surface area (Å²) in [4.78, 5) is 25.3. The highest BCUT2D eigenvalue weighted by molar-refractivity contribution is 5.74. The Hall–Kier alpha value is -1.06. The zero-order valence-corrected chi connectivity index (χ0v) is 12.8. The van der Waals surface area contributed by atoms with Gasteiger partial charge in [-0.1, -0.05) is 13.8 Å². The number of nitrogens with zero attached hydrogens (tertiary/aromatic N) is 1. The molecule has 0 saturated heterocycles. The zero-order valence-electron chi connectivity index (χ0n) is 12.8. The van der Waals surface area contributed by atoms with Crippen molar-refractivity contribution in [1.82, 2.24) is 4.90 Å². The third-order valence-corrected chi connectivity index (χ3v) is 3.30. The Morgan fingerprint density at radius 2 is 1.95 bits per heavy atom. The number of ether oxygens (including phenoxy) is 1. The Labute approximate surface area is 116 Å². The molecular formula is C15H27NO3. The number of amides is 1. The summed E-state index contributed by atoms with van der Waals surface area (Å²) < 4.78 is 5.45. The van der Waals surface area contributed by atoms with Crippen LogP contribution in [0.25, 0.3) is 0 Å². The molecule has 1 amide bonds. The van der Waals surface area contributed by atoms with Gasteiger partial charge in [0, 0.05) is 6.04 Å². The van der Waals surface area contributed by atoms with E-state index in [-0.39, 0.29) is 18.2 Å². The van der Waals surface area contributed by atoms with E-state index in [4.69, 9.17) is 4.74 Å². The first-order chi connectivity index (χ1) is 8.74. The minimum Gasteiger partial charge on any atom is -0.444 e. The summed E-state index contributed by atoms with van der Waals surface area (Å²) in [6.07, 6.45) is 4.30. The normalized spacial score (nSPS) is 17.8. The fraction of sp³-hybridized carbons (Fsp3) is 0.867. The predicted molar refractivity (Wildman–Crippen MR) is 75.0 cm³/mol. The van der Waals surface area contributed by atoms with Gasteiger partial charge in [-0.2, -0.15) is 0 Å². The Morgan fingerprint density at radius 3 is 2.26 bits per heavy atom. The van der Waals surface area contributed by atoms with Gasteiger partial charge in [-0.3, -0.25) is 4.90 Å². The molecule has 0 aliphatic heterocycles. The van der Waals surface area contributed by atoms with E-state index in [1.807, 2.05) is 20.8 Å². The summed E-state index contributed by atoms with van der Waals surface area (Å²) >= 11 is 0. The van der Waals surface area contributed by atoms with Gasteiger partial charge in [-0.05, 0) is 52.4 Å². The fourth-order valence-electron chi connectivity index (χ4n) is 2.25. The summed E-state index contributed by atoms with van der Waals surface area (Å²) in [7, 11) is 0. The molecule has 4 nitrogen and oxygen atoms in total. The average molecular weight is 269 g/mol. The standard InChI is InChI=1S/C15H27NO3/c1-11(2)9-13(10-17)16(12-7-6-8-12)14(18)19-15(3,4)5/h10-13H,6-9H2,1-5H3. The van der Waals surface area contributed by atoms with Gasteiger partial charge in [0.05, 0.1) is 6.04 Å². The van der Waals surface area contributed by atoms with Gasteiger partial charge in [0.1, 0.15) is 11.9 Å². The third-order valence-electron chi connectivity index (χ3n) is 3.30. The van der Waals surface area contributed by atoms with Crippen LogP contribution >= 0.6 is 0 Å². The fourth-order valence-corrected chi connectivity index (χ4v) is 2.25. The quantitative estimate of drug-likeness (QED) is 0.719. The highest BCUT2D eigenvalue weighted by atomic mass is 16.6. The van der Waals surface area contributed by atoms with Crippen molar-refractivity contribution in [2.75, 3.05) is 0 Å². The Balaban J connectivity index is 2.80. The molecule has 0 bridgehead atoms. The molecule has 1 fully saturated rings. The lowest BCUT2D eigenvalue weighted by Crippen LogP contribution is -2.52. The van der Waals surface area contributed by atoms with Crippen LogP contribution in [0.4, 0.5) is 4.79 Å². The minimum atomic E-state index is -0.523. The number of aldehydes is 1. The summed E-state index contributed by atoms with van der Waals surface area (Å²) in [6, 6.07) is -0.191. The summed E-state index contributed by atoms with van der Waals surface area (Å²) in [5.41, 5.74) is -0.523. The van der Waals surface area contributed by atoms with Gasteiger partial charge in [0.2, 0.25) is 0 Å². The monoisotopic (exact) mass is 269 g/mol. The predicted octanol–water partition coefficient (Wildman–Crippen LogP) is 3.39. The van der Waals surface area contributed by atoms with E-state index in [1.165, 1.54) is 0 Å². The molecule has 1 aliphatic rings. The third kappa shape index (κ3) is 4.84. The van der Waals surface area contributed by atoms with E-state index >= 15 is 0 Å². The number of hydrogen-bond acceptors (Lipinski definition) is 3. The van der Waals surface area contributed by atoms with Gasteiger partial charge in [0.25, 0.3) is 0 Å². The van der Waals surface area contributed by atoms with Gasteiger partial charge in [-0.15, -0.1) is 0 Å². The molecule has 1 atom stereocenters. The molecule has 0 radical (unpaired) electrons. The lowest BCUT2D eigenvalue weighted by molar-refractivity contribution is -0.114. The van der Waals surface area contributed by atoms with Crippen molar-refractivity contribution < 1.29 is 14.3 Å². The molecule has 1 unspecified atom stereocenters. The van der Waals surface area contributed by atoms with Crippen molar-refractivity contribution in [2.45, 2.75) is 78.0 Å². The first-order valence-corrected chi connectivity index (χ1v) is 7.21. The minimum absolute atomic E-state index is 0.170. The second-order valence-electron chi connectivity index (χ2n) is 6.81. The van der Waals surface area contributed by atoms with Crippen LogP contribution in [-0.2, 0) is 9.53 Å².